The molecule has 0 heterocycles. The fraction of sp³-hybridized carbons (Fsp3) is 0.533. The molecule has 206 valence electrons. The first-order chi connectivity index (χ1) is 18.2. The summed E-state index contributed by atoms with van der Waals surface area (Å²) < 4.78 is 55.7. The number of hydrogen-bond acceptors (Lipinski definition) is 4. The van der Waals surface area contributed by atoms with E-state index in [0.29, 0.717) is 30.7 Å². The van der Waals surface area contributed by atoms with E-state index in [-0.39, 0.29) is 53.3 Å². The molecule has 0 saturated heterocycles. The minimum absolute atomic E-state index is 0.0170. The second kappa shape index (κ2) is 12.4. The van der Waals surface area contributed by atoms with Crippen LogP contribution in [0.15, 0.2) is 47.4 Å². The largest absolute Gasteiger partial charge is 0.303 e. The van der Waals surface area contributed by atoms with Crippen LogP contribution in [0.2, 0.25) is 5.02 Å². The zero-order valence-corrected chi connectivity index (χ0v) is 23.1. The van der Waals surface area contributed by atoms with Gasteiger partial charge >= 0.3 is 0 Å². The van der Waals surface area contributed by atoms with Crippen molar-refractivity contribution in [1.29, 1.82) is 0 Å². The summed E-state index contributed by atoms with van der Waals surface area (Å²) in [6, 6.07) is 8.72. The van der Waals surface area contributed by atoms with Crippen molar-refractivity contribution < 1.29 is 26.8 Å². The molecule has 2 aromatic rings. The van der Waals surface area contributed by atoms with Gasteiger partial charge < -0.3 is 4.79 Å². The summed E-state index contributed by atoms with van der Waals surface area (Å²) in [6.45, 7) is 0. The summed E-state index contributed by atoms with van der Waals surface area (Å²) in [4.78, 5) is 24.4. The first kappa shape index (κ1) is 28.9. The number of benzene rings is 2. The van der Waals surface area contributed by atoms with Crippen molar-refractivity contribution in [2.75, 3.05) is 0 Å². The topological polar surface area (TPSA) is 68.3 Å². The highest BCUT2D eigenvalue weighted by Crippen LogP contribution is 2.50. The van der Waals surface area contributed by atoms with E-state index in [1.54, 1.807) is 0 Å². The van der Waals surface area contributed by atoms with Crippen LogP contribution in [0.4, 0.5) is 8.78 Å². The molecule has 2 aliphatic carbocycles. The summed E-state index contributed by atoms with van der Waals surface area (Å²) >= 11 is 5.96. The maximum Gasteiger partial charge on any atom is 0.188 e. The number of halogens is 3. The quantitative estimate of drug-likeness (QED) is 0.278. The molecule has 0 N–H and O–H groups in total. The van der Waals surface area contributed by atoms with Crippen LogP contribution >= 0.6 is 11.6 Å². The number of aldehydes is 1. The molecule has 2 aromatic carbocycles. The lowest BCUT2D eigenvalue weighted by molar-refractivity contribution is -0.127. The minimum Gasteiger partial charge on any atom is -0.303 e. The van der Waals surface area contributed by atoms with Crippen LogP contribution in [0.5, 0.6) is 0 Å². The molecule has 1 atom stereocenters. The van der Waals surface area contributed by atoms with E-state index >= 15 is 4.39 Å². The first-order valence-corrected chi connectivity index (χ1v) is 15.5. The summed E-state index contributed by atoms with van der Waals surface area (Å²) in [7, 11) is -4.09. The molecule has 2 aliphatic rings. The number of Topliss-reactive ketones (excluding diaryl/α,β-unsaturated/α-hetero) is 1. The monoisotopic (exact) mass is 564 g/mol. The summed E-state index contributed by atoms with van der Waals surface area (Å²) in [5.74, 6) is -1.20. The van der Waals surface area contributed by atoms with Gasteiger partial charge in [0.15, 0.2) is 9.84 Å². The first-order valence-electron chi connectivity index (χ1n) is 13.6. The molecule has 2 saturated carbocycles. The molecule has 0 spiro atoms. The van der Waals surface area contributed by atoms with Crippen LogP contribution in [-0.2, 0) is 24.2 Å². The molecule has 0 aromatic heterocycles. The maximum absolute atomic E-state index is 15.1. The smallest absolute Gasteiger partial charge is 0.188 e. The van der Waals surface area contributed by atoms with E-state index in [1.807, 2.05) is 0 Å². The SMILES string of the molecule is O=CCC(C(=O)CCC1CCC(c2cc(F)ccc2F)(S(=O)(=O)c2ccc(Cl)cc2)CC1)C1CCCCC1. The number of carbonyl (C=O) groups excluding carboxylic acids is 2. The average Bonchev–Trinajstić information content (AvgIpc) is 2.92. The lowest BCUT2D eigenvalue weighted by Crippen LogP contribution is -2.40. The van der Waals surface area contributed by atoms with E-state index in [1.165, 1.54) is 30.7 Å². The second-order valence-electron chi connectivity index (χ2n) is 10.9. The van der Waals surface area contributed by atoms with Crippen molar-refractivity contribution >= 4 is 33.5 Å². The van der Waals surface area contributed by atoms with Gasteiger partial charge in [0, 0.05) is 29.3 Å². The number of ketones is 1. The van der Waals surface area contributed by atoms with Gasteiger partial charge in [0.25, 0.3) is 0 Å². The predicted molar refractivity (Wildman–Crippen MR) is 144 cm³/mol. The van der Waals surface area contributed by atoms with Crippen molar-refractivity contribution in [3.63, 3.8) is 0 Å². The van der Waals surface area contributed by atoms with Crippen molar-refractivity contribution in [1.82, 2.24) is 0 Å². The Morgan fingerprint density at radius 2 is 1.66 bits per heavy atom. The fourth-order valence-corrected chi connectivity index (χ4v) is 8.85. The lowest BCUT2D eigenvalue weighted by Gasteiger charge is -2.40. The molecule has 0 amide bonds. The molecule has 8 heteroatoms. The Hall–Kier alpha value is -2.12. The van der Waals surface area contributed by atoms with E-state index in [9.17, 15) is 22.4 Å². The predicted octanol–water partition coefficient (Wildman–Crippen LogP) is 7.61. The van der Waals surface area contributed by atoms with Crippen molar-refractivity contribution in [2.24, 2.45) is 17.8 Å². The number of sulfone groups is 1. The second-order valence-corrected chi connectivity index (χ2v) is 13.6. The zero-order valence-electron chi connectivity index (χ0n) is 21.5. The third-order valence-electron chi connectivity index (χ3n) is 8.75. The van der Waals surface area contributed by atoms with E-state index in [2.05, 4.69) is 0 Å². The van der Waals surface area contributed by atoms with E-state index < -0.39 is 26.2 Å². The van der Waals surface area contributed by atoms with E-state index in [0.717, 1.165) is 50.2 Å². The number of carbonyl (C=O) groups is 2. The van der Waals surface area contributed by atoms with Gasteiger partial charge in [0.2, 0.25) is 0 Å². The zero-order chi connectivity index (χ0) is 27.3. The molecular weight excluding hydrogens is 530 g/mol. The van der Waals surface area contributed by atoms with Crippen LogP contribution < -0.4 is 0 Å². The Kier molecular flexibility index (Phi) is 9.40. The lowest BCUT2D eigenvalue weighted by atomic mass is 9.73. The van der Waals surface area contributed by atoms with Crippen LogP contribution in [-0.4, -0.2) is 20.5 Å². The van der Waals surface area contributed by atoms with Crippen LogP contribution in [0.25, 0.3) is 0 Å². The molecule has 0 bridgehead atoms. The Balaban J connectivity index is 1.53. The molecular formula is C30H35ClF2O4S. The van der Waals surface area contributed by atoms with Crippen molar-refractivity contribution in [2.45, 2.75) is 86.7 Å². The van der Waals surface area contributed by atoms with Gasteiger partial charge in [-0.05, 0) is 99.2 Å². The Morgan fingerprint density at radius 3 is 2.29 bits per heavy atom. The summed E-state index contributed by atoms with van der Waals surface area (Å²) in [5, 5.41) is 0.379. The van der Waals surface area contributed by atoms with Crippen molar-refractivity contribution in [3.8, 4) is 0 Å². The molecule has 4 rings (SSSR count). The molecule has 0 aliphatic heterocycles. The third kappa shape index (κ3) is 6.04. The van der Waals surface area contributed by atoms with Gasteiger partial charge in [-0.1, -0.05) is 30.9 Å². The standard InChI is InChI=1S/C30H35ClF2O4S/c31-23-7-10-25(11-8-23)38(36,37)30(27-20-24(32)9-12-28(27)33)17-14-21(15-18-30)6-13-29(35)26(16-19-34)22-4-2-1-3-5-22/h7-12,19-22,26H,1-6,13-18H2. The average molecular weight is 565 g/mol. The number of rotatable bonds is 10. The van der Waals surface area contributed by atoms with Gasteiger partial charge in [0.05, 0.1) is 4.90 Å². The molecule has 2 fully saturated rings. The highest BCUT2D eigenvalue weighted by molar-refractivity contribution is 7.92. The Labute approximate surface area is 229 Å². The summed E-state index contributed by atoms with van der Waals surface area (Å²) in [6.07, 6.45) is 8.58. The van der Waals surface area contributed by atoms with E-state index in [4.69, 9.17) is 11.6 Å². The van der Waals surface area contributed by atoms with Crippen LogP contribution in [0, 0.1) is 29.4 Å². The number of hydrogen-bond donors (Lipinski definition) is 0. The molecule has 38 heavy (non-hydrogen) atoms. The van der Waals surface area contributed by atoms with Gasteiger partial charge in [-0.3, -0.25) is 4.79 Å². The van der Waals surface area contributed by atoms with Crippen molar-refractivity contribution in [3.05, 3.63) is 64.7 Å². The van der Waals surface area contributed by atoms with Crippen LogP contribution in [0.1, 0.15) is 82.6 Å². The normalized spacial score (nSPS) is 23.6. The van der Waals surface area contributed by atoms with Gasteiger partial charge in [-0.15, -0.1) is 0 Å². The highest BCUT2D eigenvalue weighted by Gasteiger charge is 2.50. The fourth-order valence-electron chi connectivity index (χ4n) is 6.56. The van der Waals surface area contributed by atoms with Gasteiger partial charge in [-0.25, -0.2) is 17.2 Å². The minimum atomic E-state index is -4.09. The third-order valence-corrected chi connectivity index (χ3v) is 11.6. The summed E-state index contributed by atoms with van der Waals surface area (Å²) in [5.41, 5.74) is -0.148. The molecule has 0 radical (unpaired) electrons. The highest BCUT2D eigenvalue weighted by atomic mass is 35.5. The Morgan fingerprint density at radius 1 is 1.00 bits per heavy atom. The Bertz CT molecular complexity index is 1230. The van der Waals surface area contributed by atoms with Gasteiger partial charge in [-0.2, -0.15) is 0 Å². The molecule has 4 nitrogen and oxygen atoms in total. The van der Waals surface area contributed by atoms with Crippen LogP contribution in [0.3, 0.4) is 0 Å². The van der Waals surface area contributed by atoms with Gasteiger partial charge in [0.1, 0.15) is 28.5 Å². The maximum atomic E-state index is 15.1. The molecule has 1 unspecified atom stereocenters.